The number of nitrogens with one attached hydrogen (secondary N) is 1. The molecule has 1 N–H and O–H groups in total. The summed E-state index contributed by atoms with van der Waals surface area (Å²) in [6.07, 6.45) is 1.95. The first kappa shape index (κ1) is 15.3. The summed E-state index contributed by atoms with van der Waals surface area (Å²) >= 11 is 0. The summed E-state index contributed by atoms with van der Waals surface area (Å²) < 4.78 is 24.8. The molecule has 0 aliphatic carbocycles. The SMILES string of the molecule is CC(C)(C)NCc1cc(F)ccc1OC1CCOCC1. The molecule has 20 heavy (non-hydrogen) atoms. The lowest BCUT2D eigenvalue weighted by Crippen LogP contribution is -2.35. The first-order chi connectivity index (χ1) is 9.44. The molecule has 112 valence electrons. The van der Waals surface area contributed by atoms with Crippen molar-refractivity contribution < 1.29 is 13.9 Å². The summed E-state index contributed by atoms with van der Waals surface area (Å²) in [6.45, 7) is 8.34. The standard InChI is InChI=1S/C16H24FNO2/c1-16(2,3)18-11-12-10-13(17)4-5-15(12)20-14-6-8-19-9-7-14/h4-5,10,14,18H,6-9,11H2,1-3H3. The maximum absolute atomic E-state index is 13.4. The zero-order chi connectivity index (χ0) is 14.6. The molecule has 1 aromatic carbocycles. The van der Waals surface area contributed by atoms with Gasteiger partial charge in [-0.25, -0.2) is 4.39 Å². The van der Waals surface area contributed by atoms with Crippen LogP contribution in [0, 0.1) is 5.82 Å². The van der Waals surface area contributed by atoms with Gasteiger partial charge in [0.25, 0.3) is 0 Å². The molecular weight excluding hydrogens is 257 g/mol. The Morgan fingerprint density at radius 3 is 2.65 bits per heavy atom. The highest BCUT2D eigenvalue weighted by Gasteiger charge is 2.18. The second-order valence-corrected chi connectivity index (χ2v) is 6.29. The molecule has 0 amide bonds. The largest absolute Gasteiger partial charge is 0.490 e. The van der Waals surface area contributed by atoms with E-state index in [2.05, 4.69) is 26.1 Å². The maximum atomic E-state index is 13.4. The maximum Gasteiger partial charge on any atom is 0.124 e. The minimum atomic E-state index is -0.227. The van der Waals surface area contributed by atoms with E-state index in [0.29, 0.717) is 6.54 Å². The van der Waals surface area contributed by atoms with Crippen molar-refractivity contribution in [2.24, 2.45) is 0 Å². The van der Waals surface area contributed by atoms with Crippen LogP contribution in [0.4, 0.5) is 4.39 Å². The predicted molar refractivity (Wildman–Crippen MR) is 77.5 cm³/mol. The molecule has 0 saturated carbocycles. The Morgan fingerprint density at radius 1 is 1.30 bits per heavy atom. The second-order valence-electron chi connectivity index (χ2n) is 6.29. The van der Waals surface area contributed by atoms with Gasteiger partial charge in [0.2, 0.25) is 0 Å². The predicted octanol–water partition coefficient (Wildman–Crippen LogP) is 3.27. The van der Waals surface area contributed by atoms with Crippen molar-refractivity contribution >= 4 is 0 Å². The number of benzene rings is 1. The number of hydrogen-bond donors (Lipinski definition) is 1. The summed E-state index contributed by atoms with van der Waals surface area (Å²) in [7, 11) is 0. The fraction of sp³-hybridized carbons (Fsp3) is 0.625. The summed E-state index contributed by atoms with van der Waals surface area (Å²) in [5.74, 6) is 0.546. The van der Waals surface area contributed by atoms with Crippen molar-refractivity contribution in [2.75, 3.05) is 13.2 Å². The molecule has 0 aromatic heterocycles. The lowest BCUT2D eigenvalue weighted by Gasteiger charge is -2.26. The van der Waals surface area contributed by atoms with E-state index in [-0.39, 0.29) is 17.5 Å². The van der Waals surface area contributed by atoms with Crippen molar-refractivity contribution in [2.45, 2.75) is 51.8 Å². The van der Waals surface area contributed by atoms with E-state index in [1.54, 1.807) is 12.1 Å². The van der Waals surface area contributed by atoms with E-state index in [1.165, 1.54) is 6.07 Å². The Kier molecular flexibility index (Phi) is 5.00. The molecule has 0 radical (unpaired) electrons. The zero-order valence-electron chi connectivity index (χ0n) is 12.5. The number of hydrogen-bond acceptors (Lipinski definition) is 3. The molecule has 0 atom stereocenters. The molecule has 1 aliphatic rings. The van der Waals surface area contributed by atoms with Crippen LogP contribution in [-0.2, 0) is 11.3 Å². The third-order valence-corrected chi connectivity index (χ3v) is 3.29. The van der Waals surface area contributed by atoms with Gasteiger partial charge in [-0.05, 0) is 39.0 Å². The van der Waals surface area contributed by atoms with Crippen LogP contribution in [0.2, 0.25) is 0 Å². The lowest BCUT2D eigenvalue weighted by molar-refractivity contribution is 0.0251. The summed E-state index contributed by atoms with van der Waals surface area (Å²) in [6, 6.07) is 4.73. The fourth-order valence-corrected chi connectivity index (χ4v) is 2.13. The molecule has 1 fully saturated rings. The van der Waals surface area contributed by atoms with Gasteiger partial charge in [-0.1, -0.05) is 0 Å². The average molecular weight is 281 g/mol. The van der Waals surface area contributed by atoms with Crippen LogP contribution >= 0.6 is 0 Å². The normalized spacial score (nSPS) is 17.2. The molecule has 3 nitrogen and oxygen atoms in total. The van der Waals surface area contributed by atoms with Crippen molar-refractivity contribution in [3.8, 4) is 5.75 Å². The highest BCUT2D eigenvalue weighted by molar-refractivity contribution is 5.34. The molecule has 1 heterocycles. The van der Waals surface area contributed by atoms with Gasteiger partial charge < -0.3 is 14.8 Å². The van der Waals surface area contributed by atoms with Crippen molar-refractivity contribution in [1.82, 2.24) is 5.32 Å². The Morgan fingerprint density at radius 2 is 2.00 bits per heavy atom. The number of rotatable bonds is 4. The number of ether oxygens (including phenoxy) is 2. The monoisotopic (exact) mass is 281 g/mol. The molecule has 0 unspecified atom stereocenters. The Labute approximate surface area is 120 Å². The smallest absolute Gasteiger partial charge is 0.124 e. The third-order valence-electron chi connectivity index (χ3n) is 3.29. The van der Waals surface area contributed by atoms with Gasteiger partial charge in [0.15, 0.2) is 0 Å². The Balaban J connectivity index is 2.06. The summed E-state index contributed by atoms with van der Waals surface area (Å²) in [4.78, 5) is 0. The molecule has 2 rings (SSSR count). The molecule has 0 bridgehead atoms. The van der Waals surface area contributed by atoms with Crippen molar-refractivity contribution in [3.05, 3.63) is 29.6 Å². The highest BCUT2D eigenvalue weighted by atomic mass is 19.1. The molecule has 1 aromatic rings. The molecule has 0 spiro atoms. The van der Waals surface area contributed by atoms with Crippen molar-refractivity contribution in [1.29, 1.82) is 0 Å². The third kappa shape index (κ3) is 4.76. The summed E-state index contributed by atoms with van der Waals surface area (Å²) in [5.41, 5.74) is 0.855. The van der Waals surface area contributed by atoms with Crippen LogP contribution in [0.5, 0.6) is 5.75 Å². The van der Waals surface area contributed by atoms with E-state index in [0.717, 1.165) is 37.4 Å². The minimum absolute atomic E-state index is 0.0116. The van der Waals surface area contributed by atoms with E-state index >= 15 is 0 Å². The lowest BCUT2D eigenvalue weighted by atomic mass is 10.1. The van der Waals surface area contributed by atoms with Gasteiger partial charge in [0, 0.05) is 30.5 Å². The number of halogens is 1. The molecule has 4 heteroatoms. The first-order valence-corrected chi connectivity index (χ1v) is 7.22. The first-order valence-electron chi connectivity index (χ1n) is 7.22. The minimum Gasteiger partial charge on any atom is -0.490 e. The highest BCUT2D eigenvalue weighted by Crippen LogP contribution is 2.24. The van der Waals surface area contributed by atoms with Crippen LogP contribution in [0.25, 0.3) is 0 Å². The Bertz CT molecular complexity index is 437. The zero-order valence-corrected chi connectivity index (χ0v) is 12.5. The van der Waals surface area contributed by atoms with Gasteiger partial charge in [0.05, 0.1) is 13.2 Å². The molecule has 1 saturated heterocycles. The van der Waals surface area contributed by atoms with E-state index in [9.17, 15) is 4.39 Å². The molecular formula is C16H24FNO2. The quantitative estimate of drug-likeness (QED) is 0.919. The fourth-order valence-electron chi connectivity index (χ4n) is 2.13. The van der Waals surface area contributed by atoms with Crippen LogP contribution in [0.1, 0.15) is 39.2 Å². The van der Waals surface area contributed by atoms with E-state index < -0.39 is 0 Å². The van der Waals surface area contributed by atoms with E-state index in [4.69, 9.17) is 9.47 Å². The van der Waals surface area contributed by atoms with Gasteiger partial charge in [0.1, 0.15) is 17.7 Å². The van der Waals surface area contributed by atoms with Gasteiger partial charge in [-0.2, -0.15) is 0 Å². The summed E-state index contributed by atoms with van der Waals surface area (Å²) in [5, 5.41) is 3.37. The van der Waals surface area contributed by atoms with Crippen LogP contribution < -0.4 is 10.1 Å². The molecule has 1 aliphatic heterocycles. The van der Waals surface area contributed by atoms with Crippen LogP contribution in [0.3, 0.4) is 0 Å². The van der Waals surface area contributed by atoms with Gasteiger partial charge in [-0.15, -0.1) is 0 Å². The van der Waals surface area contributed by atoms with Gasteiger partial charge >= 0.3 is 0 Å². The topological polar surface area (TPSA) is 30.5 Å². The van der Waals surface area contributed by atoms with Gasteiger partial charge in [-0.3, -0.25) is 0 Å². The van der Waals surface area contributed by atoms with Crippen molar-refractivity contribution in [3.63, 3.8) is 0 Å². The Hall–Kier alpha value is -1.13. The van der Waals surface area contributed by atoms with Crippen LogP contribution in [0.15, 0.2) is 18.2 Å². The van der Waals surface area contributed by atoms with Crippen LogP contribution in [-0.4, -0.2) is 24.9 Å². The second kappa shape index (κ2) is 6.55. The van der Waals surface area contributed by atoms with E-state index in [1.807, 2.05) is 0 Å². The average Bonchev–Trinajstić information content (AvgIpc) is 2.39.